The zero-order valence-corrected chi connectivity index (χ0v) is 16.3. The van der Waals surface area contributed by atoms with Gasteiger partial charge in [0.1, 0.15) is 0 Å². The normalized spacial score (nSPS) is 25.0. The van der Waals surface area contributed by atoms with Crippen LogP contribution < -0.4 is 10.2 Å². The van der Waals surface area contributed by atoms with E-state index in [1.54, 1.807) is 0 Å². The molecule has 0 aromatic heterocycles. The predicted octanol–water partition coefficient (Wildman–Crippen LogP) is 3.21. The third-order valence-electron chi connectivity index (χ3n) is 5.96. The van der Waals surface area contributed by atoms with Crippen LogP contribution in [0.3, 0.4) is 0 Å². The summed E-state index contributed by atoms with van der Waals surface area (Å²) in [5.41, 5.74) is 2.57. The number of benzene rings is 1. The molecule has 0 bridgehead atoms. The number of halogens is 2. The van der Waals surface area contributed by atoms with Crippen molar-refractivity contribution >= 4 is 35.6 Å². The van der Waals surface area contributed by atoms with Gasteiger partial charge in [-0.2, -0.15) is 0 Å². The lowest BCUT2D eigenvalue weighted by Crippen LogP contribution is -2.52. The van der Waals surface area contributed by atoms with Gasteiger partial charge in [-0.05, 0) is 37.5 Å². The van der Waals surface area contributed by atoms with E-state index >= 15 is 0 Å². The van der Waals surface area contributed by atoms with E-state index in [0.29, 0.717) is 12.6 Å². The molecule has 1 atom stereocenters. The van der Waals surface area contributed by atoms with Crippen LogP contribution in [0, 0.1) is 0 Å². The van der Waals surface area contributed by atoms with E-state index in [2.05, 4.69) is 23.2 Å². The highest BCUT2D eigenvalue weighted by Crippen LogP contribution is 2.51. The summed E-state index contributed by atoms with van der Waals surface area (Å²) >= 11 is 6.24. The summed E-state index contributed by atoms with van der Waals surface area (Å²) in [5, 5.41) is 4.15. The maximum Gasteiger partial charge on any atom is 0.241 e. The van der Waals surface area contributed by atoms with Gasteiger partial charge in [0.25, 0.3) is 0 Å². The van der Waals surface area contributed by atoms with Gasteiger partial charge in [0.2, 0.25) is 5.91 Å². The summed E-state index contributed by atoms with van der Waals surface area (Å²) < 4.78 is 0. The fourth-order valence-electron chi connectivity index (χ4n) is 4.78. The number of fused-ring (bicyclic) bond motifs is 2. The predicted molar refractivity (Wildman–Crippen MR) is 105 cm³/mol. The average Bonchev–Trinajstić information content (AvgIpc) is 3.13. The summed E-state index contributed by atoms with van der Waals surface area (Å²) in [6.07, 6.45) is 4.91. The minimum absolute atomic E-state index is 0. The quantitative estimate of drug-likeness (QED) is 0.851. The third-order valence-corrected chi connectivity index (χ3v) is 6.19. The molecule has 0 unspecified atom stereocenters. The van der Waals surface area contributed by atoms with Gasteiger partial charge in [0.05, 0.1) is 6.54 Å². The molecule has 1 aliphatic carbocycles. The Kier molecular flexibility index (Phi) is 5.64. The minimum atomic E-state index is 0. The first-order chi connectivity index (χ1) is 11.6. The molecule has 3 aliphatic rings. The van der Waals surface area contributed by atoms with Crippen LogP contribution in [-0.4, -0.2) is 49.6 Å². The van der Waals surface area contributed by atoms with Crippen molar-refractivity contribution in [3.05, 3.63) is 28.8 Å². The van der Waals surface area contributed by atoms with Gasteiger partial charge < -0.3 is 10.2 Å². The van der Waals surface area contributed by atoms with Crippen molar-refractivity contribution in [2.45, 2.75) is 44.1 Å². The van der Waals surface area contributed by atoms with Crippen LogP contribution in [0.25, 0.3) is 0 Å². The van der Waals surface area contributed by atoms with Crippen LogP contribution in [0.1, 0.15) is 38.2 Å². The molecule has 4 nitrogen and oxygen atoms in total. The molecule has 4 rings (SSSR count). The fraction of sp³-hybridized carbons (Fsp3) is 0.632. The number of nitrogens with one attached hydrogen (secondary N) is 1. The Labute approximate surface area is 161 Å². The van der Waals surface area contributed by atoms with Gasteiger partial charge in [-0.15, -0.1) is 12.4 Å². The molecule has 1 aromatic rings. The van der Waals surface area contributed by atoms with E-state index in [1.807, 2.05) is 17.0 Å². The number of hydrogen-bond donors (Lipinski definition) is 1. The average molecular weight is 384 g/mol. The topological polar surface area (TPSA) is 35.6 Å². The minimum Gasteiger partial charge on any atom is -0.312 e. The second kappa shape index (κ2) is 7.43. The number of rotatable bonds is 2. The van der Waals surface area contributed by atoms with E-state index in [0.717, 1.165) is 36.9 Å². The maximum atomic E-state index is 13.1. The molecule has 1 aromatic carbocycles. The van der Waals surface area contributed by atoms with Gasteiger partial charge in [-0.1, -0.05) is 30.5 Å². The first kappa shape index (κ1) is 19.0. The largest absolute Gasteiger partial charge is 0.312 e. The maximum absolute atomic E-state index is 13.1. The standard InChI is InChI=1S/C19H26ClN3O.ClH/c1-14-11-22(9-8-21-14)12-18(24)23-13-19(6-2-3-7-19)16-5-4-15(20)10-17(16)23;/h4-5,10,14,21H,2-3,6-9,11-13H2,1H3;1H/t14-;/m1./s1. The van der Waals surface area contributed by atoms with Gasteiger partial charge in [-0.3, -0.25) is 9.69 Å². The van der Waals surface area contributed by atoms with Crippen LogP contribution in [0.4, 0.5) is 5.69 Å². The van der Waals surface area contributed by atoms with Gasteiger partial charge in [-0.25, -0.2) is 0 Å². The molecular formula is C19H27Cl2N3O. The highest BCUT2D eigenvalue weighted by molar-refractivity contribution is 6.31. The lowest BCUT2D eigenvalue weighted by atomic mass is 9.81. The molecule has 0 radical (unpaired) electrons. The Hall–Kier alpha value is -0.810. The van der Waals surface area contributed by atoms with E-state index in [-0.39, 0.29) is 23.7 Å². The number of nitrogens with zero attached hydrogens (tertiary/aromatic N) is 2. The van der Waals surface area contributed by atoms with Crippen molar-refractivity contribution < 1.29 is 4.79 Å². The van der Waals surface area contributed by atoms with E-state index in [9.17, 15) is 4.79 Å². The van der Waals surface area contributed by atoms with E-state index in [1.165, 1.54) is 31.2 Å². The van der Waals surface area contributed by atoms with Gasteiger partial charge in [0, 0.05) is 48.3 Å². The first-order valence-electron chi connectivity index (χ1n) is 9.14. The van der Waals surface area contributed by atoms with Gasteiger partial charge >= 0.3 is 0 Å². The lowest BCUT2D eigenvalue weighted by Gasteiger charge is -2.32. The van der Waals surface area contributed by atoms with Gasteiger partial charge in [0.15, 0.2) is 0 Å². The molecule has 138 valence electrons. The molecule has 1 saturated carbocycles. The van der Waals surface area contributed by atoms with Crippen LogP contribution >= 0.6 is 24.0 Å². The molecule has 2 aliphatic heterocycles. The summed E-state index contributed by atoms with van der Waals surface area (Å²) in [5.74, 6) is 0.219. The molecule has 2 fully saturated rings. The van der Waals surface area contributed by atoms with Crippen molar-refractivity contribution in [2.75, 3.05) is 37.6 Å². The van der Waals surface area contributed by atoms with Crippen molar-refractivity contribution in [1.82, 2.24) is 10.2 Å². The molecule has 6 heteroatoms. The van der Waals surface area contributed by atoms with Crippen LogP contribution in [0.2, 0.25) is 5.02 Å². The lowest BCUT2D eigenvalue weighted by molar-refractivity contribution is -0.120. The zero-order valence-electron chi connectivity index (χ0n) is 14.8. The third kappa shape index (κ3) is 3.55. The number of carbonyl (C=O) groups excluding carboxylic acids is 1. The Morgan fingerprint density at radius 2 is 2.12 bits per heavy atom. The smallest absolute Gasteiger partial charge is 0.241 e. The molecular weight excluding hydrogens is 357 g/mol. The summed E-state index contributed by atoms with van der Waals surface area (Å²) in [6, 6.07) is 6.57. The summed E-state index contributed by atoms with van der Waals surface area (Å²) in [4.78, 5) is 17.3. The molecule has 1 amide bonds. The second-order valence-corrected chi connectivity index (χ2v) is 8.16. The van der Waals surface area contributed by atoms with Crippen molar-refractivity contribution in [3.63, 3.8) is 0 Å². The molecule has 1 N–H and O–H groups in total. The second-order valence-electron chi connectivity index (χ2n) is 7.72. The van der Waals surface area contributed by atoms with Crippen LogP contribution in [0.15, 0.2) is 18.2 Å². The Morgan fingerprint density at radius 3 is 2.84 bits per heavy atom. The van der Waals surface area contributed by atoms with Crippen molar-refractivity contribution in [2.24, 2.45) is 0 Å². The number of hydrogen-bond acceptors (Lipinski definition) is 3. The van der Waals surface area contributed by atoms with Crippen LogP contribution in [0.5, 0.6) is 0 Å². The Bertz CT molecular complexity index is 646. The van der Waals surface area contributed by atoms with E-state index < -0.39 is 0 Å². The zero-order chi connectivity index (χ0) is 16.7. The summed E-state index contributed by atoms with van der Waals surface area (Å²) in [6.45, 7) is 6.36. The van der Waals surface area contributed by atoms with Crippen molar-refractivity contribution in [3.8, 4) is 0 Å². The fourth-order valence-corrected chi connectivity index (χ4v) is 4.95. The first-order valence-corrected chi connectivity index (χ1v) is 9.51. The molecule has 2 heterocycles. The number of anilines is 1. The number of amides is 1. The highest BCUT2D eigenvalue weighted by atomic mass is 35.5. The number of carbonyl (C=O) groups is 1. The van der Waals surface area contributed by atoms with Crippen LogP contribution in [-0.2, 0) is 10.2 Å². The monoisotopic (exact) mass is 383 g/mol. The Morgan fingerprint density at radius 1 is 1.36 bits per heavy atom. The SMILES string of the molecule is C[C@@H]1CN(CC(=O)N2CC3(CCCC3)c3ccc(Cl)cc32)CCN1.Cl. The van der Waals surface area contributed by atoms with E-state index in [4.69, 9.17) is 11.6 Å². The number of piperazine rings is 1. The summed E-state index contributed by atoms with van der Waals surface area (Å²) in [7, 11) is 0. The molecule has 1 spiro atoms. The molecule has 1 saturated heterocycles. The highest BCUT2D eigenvalue weighted by Gasteiger charge is 2.46. The Balaban J connectivity index is 0.00000182. The van der Waals surface area contributed by atoms with Crippen molar-refractivity contribution in [1.29, 1.82) is 0 Å². The molecule has 25 heavy (non-hydrogen) atoms.